The number of aliphatic carboxylic acids is 1. The number of benzene rings is 1. The van der Waals surface area contributed by atoms with E-state index in [-0.39, 0.29) is 11.6 Å². The van der Waals surface area contributed by atoms with E-state index in [2.05, 4.69) is 26.6 Å². The minimum Gasteiger partial charge on any atom is -0.480 e. The Hall–Kier alpha value is -2.87. The number of nitrogens with one attached hydrogen (secondary N) is 2. The van der Waals surface area contributed by atoms with Gasteiger partial charge in [-0.15, -0.1) is 0 Å². The first kappa shape index (κ1) is 20.4. The number of halogens is 1. The molecule has 0 unspecified atom stereocenters. The summed E-state index contributed by atoms with van der Waals surface area (Å²) in [7, 11) is 0. The molecule has 1 atom stereocenters. The van der Waals surface area contributed by atoms with E-state index in [1.165, 1.54) is 12.3 Å². The van der Waals surface area contributed by atoms with Gasteiger partial charge in [-0.2, -0.15) is 0 Å². The molecule has 3 N–H and O–H groups in total. The first-order chi connectivity index (χ1) is 12.8. The second-order valence-electron chi connectivity index (χ2n) is 6.07. The highest BCUT2D eigenvalue weighted by Crippen LogP contribution is 2.12. The van der Waals surface area contributed by atoms with Gasteiger partial charge < -0.3 is 20.2 Å². The fourth-order valence-electron chi connectivity index (χ4n) is 2.20. The number of carbonyl (C=O) groups excluding carboxylic acids is 2. The highest BCUT2D eigenvalue weighted by Gasteiger charge is 2.26. The van der Waals surface area contributed by atoms with E-state index < -0.39 is 23.8 Å². The summed E-state index contributed by atoms with van der Waals surface area (Å²) in [5.41, 5.74) is 0.222. The Morgan fingerprint density at radius 2 is 1.81 bits per heavy atom. The highest BCUT2D eigenvalue weighted by molar-refractivity contribution is 9.10. The van der Waals surface area contributed by atoms with Crippen molar-refractivity contribution in [2.45, 2.75) is 19.9 Å². The third kappa shape index (κ3) is 5.82. The number of hydrogen-bond donors (Lipinski definition) is 3. The Bertz CT molecular complexity index is 841. The van der Waals surface area contributed by atoms with Crippen LogP contribution in [-0.2, 0) is 9.59 Å². The van der Waals surface area contributed by atoms with Gasteiger partial charge in [0.25, 0.3) is 11.8 Å². The van der Waals surface area contributed by atoms with Crippen molar-refractivity contribution in [2.75, 3.05) is 0 Å². The van der Waals surface area contributed by atoms with Crippen molar-refractivity contribution < 1.29 is 23.9 Å². The van der Waals surface area contributed by atoms with E-state index in [1.54, 1.807) is 50.2 Å². The van der Waals surface area contributed by atoms with Gasteiger partial charge in [0.15, 0.2) is 0 Å². The van der Waals surface area contributed by atoms with Crippen LogP contribution < -0.4 is 10.6 Å². The Morgan fingerprint density at radius 3 is 2.33 bits per heavy atom. The lowest BCUT2D eigenvalue weighted by Crippen LogP contribution is -2.47. The number of carbonyl (C=O) groups is 3. The molecule has 0 aliphatic carbocycles. The van der Waals surface area contributed by atoms with E-state index in [0.717, 1.165) is 4.47 Å². The van der Waals surface area contributed by atoms with Crippen LogP contribution in [0.5, 0.6) is 0 Å². The first-order valence-corrected chi connectivity index (χ1v) is 8.93. The maximum absolute atomic E-state index is 12.6. The molecule has 0 aliphatic rings. The zero-order valence-corrected chi connectivity index (χ0v) is 16.3. The smallest absolute Gasteiger partial charge is 0.326 e. The number of rotatable bonds is 7. The van der Waals surface area contributed by atoms with Gasteiger partial charge in [0, 0.05) is 16.1 Å². The molecule has 1 heterocycles. The molecule has 1 aromatic carbocycles. The van der Waals surface area contributed by atoms with Crippen LogP contribution in [0.1, 0.15) is 30.0 Å². The zero-order valence-electron chi connectivity index (χ0n) is 14.7. The highest BCUT2D eigenvalue weighted by atomic mass is 79.9. The summed E-state index contributed by atoms with van der Waals surface area (Å²) in [6.45, 7) is 3.35. The summed E-state index contributed by atoms with van der Waals surface area (Å²) in [6.07, 6.45) is 2.76. The summed E-state index contributed by atoms with van der Waals surface area (Å²) >= 11 is 3.29. The molecule has 2 amide bonds. The van der Waals surface area contributed by atoms with Crippen molar-refractivity contribution in [3.63, 3.8) is 0 Å². The summed E-state index contributed by atoms with van der Waals surface area (Å²) in [5.74, 6) is -2.38. The fraction of sp³-hybridized carbons (Fsp3) is 0.211. The summed E-state index contributed by atoms with van der Waals surface area (Å²) < 4.78 is 6.00. The third-order valence-electron chi connectivity index (χ3n) is 3.65. The fourth-order valence-corrected chi connectivity index (χ4v) is 2.47. The average Bonchev–Trinajstić information content (AvgIpc) is 3.11. The van der Waals surface area contributed by atoms with Gasteiger partial charge in [-0.3, -0.25) is 9.59 Å². The molecule has 0 bridgehead atoms. The summed E-state index contributed by atoms with van der Waals surface area (Å²) in [6, 6.07) is 8.73. The molecule has 0 spiro atoms. The molecule has 7 nitrogen and oxygen atoms in total. The zero-order chi connectivity index (χ0) is 20.0. The van der Waals surface area contributed by atoms with Gasteiger partial charge in [-0.25, -0.2) is 4.79 Å². The van der Waals surface area contributed by atoms with Crippen LogP contribution in [0.4, 0.5) is 0 Å². The standard InChI is InChI=1S/C19H19BrN2O5/c1-11(2)16(19(25)26)22-18(24)15(10-14-4-3-9-27-14)21-17(23)12-5-7-13(20)8-6-12/h3-11,16H,1-2H3,(H,21,23)(H,22,24)(H,25,26)/b15-10+/t16-/m0/s1. The lowest BCUT2D eigenvalue weighted by molar-refractivity contribution is -0.142. The third-order valence-corrected chi connectivity index (χ3v) is 4.18. The molecular weight excluding hydrogens is 416 g/mol. The molecule has 2 rings (SSSR count). The van der Waals surface area contributed by atoms with Gasteiger partial charge in [0.1, 0.15) is 17.5 Å². The lowest BCUT2D eigenvalue weighted by Gasteiger charge is -2.19. The monoisotopic (exact) mass is 434 g/mol. The number of hydrogen-bond acceptors (Lipinski definition) is 4. The molecule has 0 fully saturated rings. The number of amides is 2. The first-order valence-electron chi connectivity index (χ1n) is 8.13. The Labute approximate surface area is 164 Å². The molecule has 8 heteroatoms. The molecule has 27 heavy (non-hydrogen) atoms. The average molecular weight is 435 g/mol. The number of furan rings is 1. The number of carboxylic acids is 1. The van der Waals surface area contributed by atoms with E-state index >= 15 is 0 Å². The van der Waals surface area contributed by atoms with Crippen LogP contribution in [0.15, 0.2) is 57.2 Å². The number of carboxylic acid groups (broad SMARTS) is 1. The van der Waals surface area contributed by atoms with Crippen LogP contribution in [0.25, 0.3) is 6.08 Å². The maximum Gasteiger partial charge on any atom is 0.326 e. The molecule has 0 saturated carbocycles. The predicted octanol–water partition coefficient (Wildman–Crippen LogP) is 3.04. The topological polar surface area (TPSA) is 109 Å². The SMILES string of the molecule is CC(C)[C@H](NC(=O)/C(=C\c1ccco1)NC(=O)c1ccc(Br)cc1)C(=O)O. The van der Waals surface area contributed by atoms with Crippen molar-refractivity contribution in [3.05, 3.63) is 64.2 Å². The minimum atomic E-state index is -1.16. The van der Waals surface area contributed by atoms with Crippen LogP contribution in [-0.4, -0.2) is 28.9 Å². The summed E-state index contributed by atoms with van der Waals surface area (Å²) in [4.78, 5) is 36.4. The van der Waals surface area contributed by atoms with E-state index in [4.69, 9.17) is 4.42 Å². The van der Waals surface area contributed by atoms with E-state index in [1.807, 2.05) is 0 Å². The summed E-state index contributed by atoms with van der Waals surface area (Å²) in [5, 5.41) is 14.2. The van der Waals surface area contributed by atoms with Crippen molar-refractivity contribution >= 4 is 39.8 Å². The molecule has 0 radical (unpaired) electrons. The van der Waals surface area contributed by atoms with Gasteiger partial charge in [-0.1, -0.05) is 29.8 Å². The van der Waals surface area contributed by atoms with Crippen molar-refractivity contribution in [1.82, 2.24) is 10.6 Å². The molecular formula is C19H19BrN2O5. The largest absolute Gasteiger partial charge is 0.480 e. The van der Waals surface area contributed by atoms with Crippen LogP contribution in [0, 0.1) is 5.92 Å². The minimum absolute atomic E-state index is 0.121. The van der Waals surface area contributed by atoms with Crippen LogP contribution in [0.2, 0.25) is 0 Å². The maximum atomic E-state index is 12.6. The quantitative estimate of drug-likeness (QED) is 0.580. The van der Waals surface area contributed by atoms with Crippen molar-refractivity contribution in [2.24, 2.45) is 5.92 Å². The predicted molar refractivity (Wildman–Crippen MR) is 103 cm³/mol. The molecule has 0 aliphatic heterocycles. The normalized spacial score (nSPS) is 12.5. The van der Waals surface area contributed by atoms with Gasteiger partial charge in [0.2, 0.25) is 0 Å². The molecule has 2 aromatic rings. The molecule has 0 saturated heterocycles. The van der Waals surface area contributed by atoms with Crippen molar-refractivity contribution in [1.29, 1.82) is 0 Å². The second-order valence-corrected chi connectivity index (χ2v) is 6.98. The van der Waals surface area contributed by atoms with Gasteiger partial charge in [0.05, 0.1) is 6.26 Å². The Morgan fingerprint density at radius 1 is 1.15 bits per heavy atom. The van der Waals surface area contributed by atoms with Crippen molar-refractivity contribution in [3.8, 4) is 0 Å². The van der Waals surface area contributed by atoms with Gasteiger partial charge >= 0.3 is 5.97 Å². The van der Waals surface area contributed by atoms with Gasteiger partial charge in [-0.05, 0) is 42.3 Å². The molecule has 1 aromatic heterocycles. The second kappa shape index (κ2) is 9.18. The Kier molecular flexibility index (Phi) is 6.95. The van der Waals surface area contributed by atoms with E-state index in [0.29, 0.717) is 11.3 Å². The van der Waals surface area contributed by atoms with E-state index in [9.17, 15) is 19.5 Å². The Balaban J connectivity index is 2.26. The van der Waals surface area contributed by atoms with Crippen LogP contribution >= 0.6 is 15.9 Å². The lowest BCUT2D eigenvalue weighted by atomic mass is 10.0. The molecule has 142 valence electrons. The van der Waals surface area contributed by atoms with Crippen LogP contribution in [0.3, 0.4) is 0 Å².